The molecule has 4 heteroatoms. The molecule has 2 aromatic carbocycles. The fourth-order valence-corrected chi connectivity index (χ4v) is 2.81. The summed E-state index contributed by atoms with van der Waals surface area (Å²) in [6.45, 7) is 0. The summed E-state index contributed by atoms with van der Waals surface area (Å²) in [5, 5.41) is 9.78. The molecular weight excluding hydrogens is 302 g/mol. The maximum Gasteiger partial charge on any atom is 0.121 e. The second-order valence-corrected chi connectivity index (χ2v) is 6.02. The molecule has 0 amide bonds. The highest BCUT2D eigenvalue weighted by Crippen LogP contribution is 2.15. The highest BCUT2D eigenvalue weighted by Gasteiger charge is 2.07. The molecule has 0 N–H and O–H groups in total. The molecule has 0 aliphatic heterocycles. The van der Waals surface area contributed by atoms with E-state index in [4.69, 9.17) is 16.9 Å². The Kier molecular flexibility index (Phi) is 5.51. The van der Waals surface area contributed by atoms with E-state index in [1.807, 2.05) is 36.4 Å². The molecule has 2 rings (SSSR count). The van der Waals surface area contributed by atoms with Gasteiger partial charge in [-0.25, -0.2) is 4.21 Å². The normalized spacial score (nSPS) is 13.0. The molecule has 0 fully saturated rings. The Morgan fingerprint density at radius 2 is 1.90 bits per heavy atom. The van der Waals surface area contributed by atoms with Crippen LogP contribution >= 0.6 is 11.6 Å². The van der Waals surface area contributed by atoms with Crippen molar-refractivity contribution < 1.29 is 4.21 Å². The van der Waals surface area contributed by atoms with Crippen LogP contribution in [0, 0.1) is 11.3 Å². The Hall–Kier alpha value is -2.15. The van der Waals surface area contributed by atoms with E-state index >= 15 is 0 Å². The van der Waals surface area contributed by atoms with E-state index in [-0.39, 0.29) is 4.91 Å². The zero-order valence-electron chi connectivity index (χ0n) is 11.1. The summed E-state index contributed by atoms with van der Waals surface area (Å²) in [6.07, 6.45) is 5.07. The second kappa shape index (κ2) is 7.58. The lowest BCUT2D eigenvalue weighted by atomic mass is 10.2. The van der Waals surface area contributed by atoms with Crippen LogP contribution in [-0.2, 0) is 10.8 Å². The van der Waals surface area contributed by atoms with Gasteiger partial charge in [0.05, 0.1) is 10.8 Å². The minimum absolute atomic E-state index is 0.208. The standard InChI is InChI=1S/C17H12ClNOS/c18-15-8-4-6-14(12-15)7-5-11-17(13-19)21(20)16-9-2-1-3-10-16/h1-12H/b7-5+,17-11-. The molecule has 0 saturated heterocycles. The number of allylic oxidation sites excluding steroid dienone is 3. The molecule has 2 aromatic rings. The van der Waals surface area contributed by atoms with Crippen molar-refractivity contribution in [1.82, 2.24) is 0 Å². The highest BCUT2D eigenvalue weighted by atomic mass is 35.5. The average molecular weight is 314 g/mol. The molecule has 1 atom stereocenters. The monoisotopic (exact) mass is 313 g/mol. The largest absolute Gasteiger partial charge is 0.248 e. The molecule has 1 unspecified atom stereocenters. The van der Waals surface area contributed by atoms with Gasteiger partial charge >= 0.3 is 0 Å². The van der Waals surface area contributed by atoms with E-state index < -0.39 is 10.8 Å². The van der Waals surface area contributed by atoms with E-state index in [1.165, 1.54) is 0 Å². The third kappa shape index (κ3) is 4.42. The molecule has 0 radical (unpaired) electrons. The minimum Gasteiger partial charge on any atom is -0.248 e. The van der Waals surface area contributed by atoms with Gasteiger partial charge in [0.2, 0.25) is 0 Å². The molecule has 0 aliphatic carbocycles. The van der Waals surface area contributed by atoms with Crippen molar-refractivity contribution in [2.75, 3.05) is 0 Å². The van der Waals surface area contributed by atoms with Crippen molar-refractivity contribution in [3.05, 3.63) is 82.2 Å². The van der Waals surface area contributed by atoms with Gasteiger partial charge in [-0.2, -0.15) is 5.26 Å². The van der Waals surface area contributed by atoms with Crippen LogP contribution in [0.2, 0.25) is 5.02 Å². The predicted molar refractivity (Wildman–Crippen MR) is 87.0 cm³/mol. The van der Waals surface area contributed by atoms with E-state index in [2.05, 4.69) is 0 Å². The first-order valence-electron chi connectivity index (χ1n) is 6.21. The Balaban J connectivity index is 2.18. The number of nitrogens with zero attached hydrogens (tertiary/aromatic N) is 1. The Morgan fingerprint density at radius 1 is 1.14 bits per heavy atom. The lowest BCUT2D eigenvalue weighted by Crippen LogP contribution is -1.93. The first kappa shape index (κ1) is 15.2. The van der Waals surface area contributed by atoms with Crippen LogP contribution in [0.15, 0.2) is 76.5 Å². The van der Waals surface area contributed by atoms with Gasteiger partial charge in [0.25, 0.3) is 0 Å². The molecule has 0 saturated carbocycles. The second-order valence-electron chi connectivity index (χ2n) is 4.14. The van der Waals surface area contributed by atoms with Gasteiger partial charge < -0.3 is 0 Å². The quantitative estimate of drug-likeness (QED) is 0.613. The zero-order chi connectivity index (χ0) is 15.1. The van der Waals surface area contributed by atoms with Crippen LogP contribution in [0.5, 0.6) is 0 Å². The van der Waals surface area contributed by atoms with Crippen molar-refractivity contribution in [3.8, 4) is 6.07 Å². The van der Waals surface area contributed by atoms with Crippen LogP contribution < -0.4 is 0 Å². The van der Waals surface area contributed by atoms with Crippen molar-refractivity contribution in [1.29, 1.82) is 5.26 Å². The summed E-state index contributed by atoms with van der Waals surface area (Å²) < 4.78 is 12.2. The summed E-state index contributed by atoms with van der Waals surface area (Å²) in [5.41, 5.74) is 0.918. The average Bonchev–Trinajstić information content (AvgIpc) is 2.52. The van der Waals surface area contributed by atoms with E-state index in [9.17, 15) is 4.21 Å². The lowest BCUT2D eigenvalue weighted by Gasteiger charge is -1.98. The molecule has 0 aliphatic rings. The Labute approximate surface area is 131 Å². The Bertz CT molecular complexity index is 745. The van der Waals surface area contributed by atoms with Crippen LogP contribution in [0.4, 0.5) is 0 Å². The topological polar surface area (TPSA) is 40.9 Å². The zero-order valence-corrected chi connectivity index (χ0v) is 12.6. The third-order valence-corrected chi connectivity index (χ3v) is 4.21. The fraction of sp³-hybridized carbons (Fsp3) is 0. The lowest BCUT2D eigenvalue weighted by molar-refractivity contribution is 0.687. The van der Waals surface area contributed by atoms with E-state index in [0.717, 1.165) is 5.56 Å². The third-order valence-electron chi connectivity index (χ3n) is 2.65. The highest BCUT2D eigenvalue weighted by molar-refractivity contribution is 7.89. The van der Waals surface area contributed by atoms with Crippen molar-refractivity contribution in [2.24, 2.45) is 0 Å². The molecule has 2 nitrogen and oxygen atoms in total. The first-order chi connectivity index (χ1) is 10.2. The summed E-state index contributed by atoms with van der Waals surface area (Å²) in [6, 6.07) is 18.2. The van der Waals surface area contributed by atoms with Gasteiger partial charge in [-0.3, -0.25) is 0 Å². The molecule has 0 spiro atoms. The molecule has 104 valence electrons. The molecular formula is C17H12ClNOS. The summed E-state index contributed by atoms with van der Waals surface area (Å²) in [4.78, 5) is 0.820. The number of benzene rings is 2. The number of halogens is 1. The number of rotatable bonds is 4. The SMILES string of the molecule is N#C/C(=C/C=C/c1cccc(Cl)c1)S(=O)c1ccccc1. The van der Waals surface area contributed by atoms with Crippen LogP contribution in [0.3, 0.4) is 0 Å². The van der Waals surface area contributed by atoms with Gasteiger partial charge in [-0.05, 0) is 35.9 Å². The van der Waals surface area contributed by atoms with E-state index in [1.54, 1.807) is 42.5 Å². The summed E-state index contributed by atoms with van der Waals surface area (Å²) in [7, 11) is -1.46. The minimum atomic E-state index is -1.46. The summed E-state index contributed by atoms with van der Waals surface area (Å²) >= 11 is 5.89. The predicted octanol–water partition coefficient (Wildman–Crippen LogP) is 4.57. The first-order valence-corrected chi connectivity index (χ1v) is 7.74. The van der Waals surface area contributed by atoms with Crippen LogP contribution in [0.25, 0.3) is 6.08 Å². The number of nitriles is 1. The van der Waals surface area contributed by atoms with Crippen molar-refractivity contribution in [3.63, 3.8) is 0 Å². The fourth-order valence-electron chi connectivity index (χ4n) is 1.67. The Morgan fingerprint density at radius 3 is 2.57 bits per heavy atom. The van der Waals surface area contributed by atoms with Crippen LogP contribution in [0.1, 0.15) is 5.56 Å². The van der Waals surface area contributed by atoms with Gasteiger partial charge in [-0.15, -0.1) is 0 Å². The van der Waals surface area contributed by atoms with E-state index in [0.29, 0.717) is 9.92 Å². The van der Waals surface area contributed by atoms with Gasteiger partial charge in [0.15, 0.2) is 0 Å². The molecule has 0 bridgehead atoms. The summed E-state index contributed by atoms with van der Waals surface area (Å²) in [5.74, 6) is 0. The molecule has 0 aromatic heterocycles. The molecule has 21 heavy (non-hydrogen) atoms. The van der Waals surface area contributed by atoms with Gasteiger partial charge in [0, 0.05) is 9.92 Å². The maximum absolute atomic E-state index is 12.2. The van der Waals surface area contributed by atoms with Crippen LogP contribution in [-0.4, -0.2) is 4.21 Å². The number of hydrogen-bond acceptors (Lipinski definition) is 2. The van der Waals surface area contributed by atoms with Gasteiger partial charge in [-0.1, -0.05) is 54.1 Å². The smallest absolute Gasteiger partial charge is 0.121 e. The van der Waals surface area contributed by atoms with Crippen molar-refractivity contribution >= 4 is 28.5 Å². The molecule has 0 heterocycles. The van der Waals surface area contributed by atoms with Gasteiger partial charge in [0.1, 0.15) is 11.0 Å². The maximum atomic E-state index is 12.2. The number of hydrogen-bond donors (Lipinski definition) is 0. The van der Waals surface area contributed by atoms with Crippen molar-refractivity contribution in [2.45, 2.75) is 4.90 Å².